The second kappa shape index (κ2) is 9.33. The highest BCUT2D eigenvalue weighted by molar-refractivity contribution is 8.00. The van der Waals surface area contributed by atoms with E-state index < -0.39 is 24.1 Å². The molecule has 1 saturated carbocycles. The summed E-state index contributed by atoms with van der Waals surface area (Å²) in [5.74, 6) is -0.704. The zero-order chi connectivity index (χ0) is 23.8. The van der Waals surface area contributed by atoms with Gasteiger partial charge in [0.05, 0.1) is 5.37 Å². The van der Waals surface area contributed by atoms with Gasteiger partial charge in [0.15, 0.2) is 0 Å². The van der Waals surface area contributed by atoms with Crippen molar-refractivity contribution < 1.29 is 24.2 Å². The molecule has 1 aliphatic heterocycles. The molecule has 0 aromatic heterocycles. The second-order valence-electron chi connectivity index (χ2n) is 9.23. The van der Waals surface area contributed by atoms with Crippen LogP contribution in [0.15, 0.2) is 48.5 Å². The van der Waals surface area contributed by atoms with Crippen molar-refractivity contribution in [3.63, 3.8) is 0 Å². The van der Waals surface area contributed by atoms with Gasteiger partial charge < -0.3 is 20.1 Å². The monoisotopic (exact) mass is 480 g/mol. The fourth-order valence-electron chi connectivity index (χ4n) is 5.04. The summed E-state index contributed by atoms with van der Waals surface area (Å²) in [5, 5.41) is 12.1. The van der Waals surface area contributed by atoms with Gasteiger partial charge in [-0.1, -0.05) is 61.4 Å². The minimum atomic E-state index is -1.02. The van der Waals surface area contributed by atoms with Crippen LogP contribution in [0.25, 0.3) is 11.1 Å². The van der Waals surface area contributed by atoms with E-state index in [1.54, 1.807) is 0 Å². The molecule has 3 aliphatic rings. The number of hydrogen-bond donors (Lipinski definition) is 2. The maximum Gasteiger partial charge on any atom is 0.407 e. The normalized spacial score (nSPS) is 22.1. The van der Waals surface area contributed by atoms with Gasteiger partial charge in [-0.2, -0.15) is 0 Å². The Morgan fingerprint density at radius 3 is 2.29 bits per heavy atom. The minimum Gasteiger partial charge on any atom is -0.480 e. The molecule has 3 atom stereocenters. The van der Waals surface area contributed by atoms with Crippen molar-refractivity contribution >= 4 is 29.7 Å². The molecule has 178 valence electrons. The number of carbonyl (C=O) groups is 3. The molecule has 0 spiro atoms. The summed E-state index contributed by atoms with van der Waals surface area (Å²) >= 11 is 1.44. The molecular weight excluding hydrogens is 452 g/mol. The van der Waals surface area contributed by atoms with Gasteiger partial charge in [-0.15, -0.1) is 11.8 Å². The molecule has 2 aromatic rings. The first-order valence-corrected chi connectivity index (χ1v) is 12.8. The Hall–Kier alpha value is -3.00. The number of ether oxygens (including phenoxy) is 1. The lowest BCUT2D eigenvalue weighted by atomic mass is 9.98. The van der Waals surface area contributed by atoms with E-state index in [-0.39, 0.29) is 23.8 Å². The van der Waals surface area contributed by atoms with Crippen LogP contribution in [0.5, 0.6) is 0 Å². The van der Waals surface area contributed by atoms with Crippen LogP contribution in [0, 0.1) is 5.92 Å². The number of alkyl carbamates (subject to hydrolysis) is 1. The standard InChI is InChI=1S/C26H28N2O5S/c1-15-28(23(14-34-15)25(30)31)24(29)22(12-16-10-11-16)27-26(32)33-13-21-19-8-4-2-6-17(19)18-7-3-5-9-20(18)21/h2-9,15-16,21-23H,10-14H2,1H3,(H,27,32)(H,30,31). The van der Waals surface area contributed by atoms with Gasteiger partial charge in [0.2, 0.25) is 5.91 Å². The number of hydrogen-bond acceptors (Lipinski definition) is 5. The van der Waals surface area contributed by atoms with E-state index in [4.69, 9.17) is 4.74 Å². The molecule has 8 heteroatoms. The van der Waals surface area contributed by atoms with Crippen LogP contribution in [-0.4, -0.2) is 57.8 Å². The number of carboxylic acid groups (broad SMARTS) is 1. The molecule has 0 bridgehead atoms. The second-order valence-corrected chi connectivity index (χ2v) is 10.6. The Kier molecular flexibility index (Phi) is 6.25. The fraction of sp³-hybridized carbons (Fsp3) is 0.423. The highest BCUT2D eigenvalue weighted by Gasteiger charge is 2.43. The van der Waals surface area contributed by atoms with E-state index in [0.29, 0.717) is 18.1 Å². The summed E-state index contributed by atoms with van der Waals surface area (Å²) in [5.41, 5.74) is 4.53. The maximum atomic E-state index is 13.3. The average Bonchev–Trinajstić information content (AvgIpc) is 3.48. The number of nitrogens with zero attached hydrogens (tertiary/aromatic N) is 1. The quantitative estimate of drug-likeness (QED) is 0.620. The summed E-state index contributed by atoms with van der Waals surface area (Å²) in [4.78, 5) is 39.2. The van der Waals surface area contributed by atoms with Crippen molar-refractivity contribution in [3.05, 3.63) is 59.7 Å². The Labute approximate surface area is 202 Å². The Balaban J connectivity index is 1.28. The predicted molar refractivity (Wildman–Crippen MR) is 130 cm³/mol. The van der Waals surface area contributed by atoms with Gasteiger partial charge in [-0.3, -0.25) is 4.79 Å². The number of thioether (sulfide) groups is 1. The van der Waals surface area contributed by atoms with E-state index in [2.05, 4.69) is 29.6 Å². The van der Waals surface area contributed by atoms with Crippen molar-refractivity contribution in [2.24, 2.45) is 5.92 Å². The summed E-state index contributed by atoms with van der Waals surface area (Å²) < 4.78 is 5.64. The molecule has 1 heterocycles. The van der Waals surface area contributed by atoms with E-state index in [1.807, 2.05) is 31.2 Å². The lowest BCUT2D eigenvalue weighted by Crippen LogP contribution is -2.54. The Morgan fingerprint density at radius 2 is 1.71 bits per heavy atom. The SMILES string of the molecule is CC1SCC(C(=O)O)N1C(=O)C(CC1CC1)NC(=O)OCC1c2ccccc2-c2ccccc21. The zero-order valence-electron chi connectivity index (χ0n) is 19.0. The number of rotatable bonds is 7. The van der Waals surface area contributed by atoms with Gasteiger partial charge in [-0.05, 0) is 41.5 Å². The molecule has 0 radical (unpaired) electrons. The number of amides is 2. The molecule has 5 rings (SSSR count). The first-order valence-electron chi connectivity index (χ1n) is 11.7. The van der Waals surface area contributed by atoms with Gasteiger partial charge in [0.25, 0.3) is 0 Å². The molecule has 2 N–H and O–H groups in total. The first kappa shape index (κ1) is 22.8. The summed E-state index contributed by atoms with van der Waals surface area (Å²) in [7, 11) is 0. The molecule has 2 aromatic carbocycles. The number of carboxylic acids is 1. The average molecular weight is 481 g/mol. The molecule has 1 saturated heterocycles. The third-order valence-corrected chi connectivity index (χ3v) is 8.18. The summed E-state index contributed by atoms with van der Waals surface area (Å²) in [6, 6.07) is 14.6. The molecular formula is C26H28N2O5S. The molecule has 3 unspecified atom stereocenters. The third kappa shape index (κ3) is 4.39. The summed E-state index contributed by atoms with van der Waals surface area (Å²) in [6.45, 7) is 1.99. The highest BCUT2D eigenvalue weighted by atomic mass is 32.2. The predicted octanol–water partition coefficient (Wildman–Crippen LogP) is 4.07. The molecule has 2 aliphatic carbocycles. The van der Waals surface area contributed by atoms with Crippen LogP contribution in [-0.2, 0) is 14.3 Å². The van der Waals surface area contributed by atoms with Crippen molar-refractivity contribution in [2.75, 3.05) is 12.4 Å². The minimum absolute atomic E-state index is 0.0675. The first-order chi connectivity index (χ1) is 16.4. The van der Waals surface area contributed by atoms with Gasteiger partial charge >= 0.3 is 12.1 Å². The highest BCUT2D eigenvalue weighted by Crippen LogP contribution is 2.44. The van der Waals surface area contributed by atoms with E-state index in [9.17, 15) is 19.5 Å². The van der Waals surface area contributed by atoms with Crippen LogP contribution in [0.2, 0.25) is 0 Å². The van der Waals surface area contributed by atoms with Crippen LogP contribution in [0.1, 0.15) is 43.2 Å². The number of benzene rings is 2. The van der Waals surface area contributed by atoms with Crippen molar-refractivity contribution in [3.8, 4) is 11.1 Å². The van der Waals surface area contributed by atoms with Crippen molar-refractivity contribution in [1.82, 2.24) is 10.2 Å². The van der Waals surface area contributed by atoms with Gasteiger partial charge in [0.1, 0.15) is 18.7 Å². The topological polar surface area (TPSA) is 95.9 Å². The zero-order valence-corrected chi connectivity index (χ0v) is 19.8. The van der Waals surface area contributed by atoms with E-state index in [0.717, 1.165) is 35.1 Å². The third-order valence-electron chi connectivity index (χ3n) is 6.96. The van der Waals surface area contributed by atoms with Crippen LogP contribution in [0.3, 0.4) is 0 Å². The molecule has 34 heavy (non-hydrogen) atoms. The van der Waals surface area contributed by atoms with Crippen molar-refractivity contribution in [1.29, 1.82) is 0 Å². The lowest BCUT2D eigenvalue weighted by Gasteiger charge is -2.29. The smallest absolute Gasteiger partial charge is 0.407 e. The largest absolute Gasteiger partial charge is 0.480 e. The van der Waals surface area contributed by atoms with Crippen LogP contribution < -0.4 is 5.32 Å². The number of aliphatic carboxylic acids is 1. The van der Waals surface area contributed by atoms with E-state index >= 15 is 0 Å². The van der Waals surface area contributed by atoms with E-state index in [1.165, 1.54) is 16.7 Å². The summed E-state index contributed by atoms with van der Waals surface area (Å²) in [6.07, 6.45) is 1.89. The van der Waals surface area contributed by atoms with Gasteiger partial charge in [-0.25, -0.2) is 9.59 Å². The van der Waals surface area contributed by atoms with Gasteiger partial charge in [0, 0.05) is 11.7 Å². The number of fused-ring (bicyclic) bond motifs is 3. The van der Waals surface area contributed by atoms with Crippen molar-refractivity contribution in [2.45, 2.75) is 49.6 Å². The maximum absolute atomic E-state index is 13.3. The Bertz CT molecular complexity index is 1070. The van der Waals surface area contributed by atoms with Crippen LogP contribution in [0.4, 0.5) is 4.79 Å². The number of nitrogens with one attached hydrogen (secondary N) is 1. The van der Waals surface area contributed by atoms with Crippen LogP contribution >= 0.6 is 11.8 Å². The lowest BCUT2D eigenvalue weighted by molar-refractivity contribution is -0.149. The molecule has 7 nitrogen and oxygen atoms in total. The molecule has 2 fully saturated rings. The fourth-order valence-corrected chi connectivity index (χ4v) is 6.21. The Morgan fingerprint density at radius 1 is 1.09 bits per heavy atom. The molecule has 2 amide bonds. The number of carbonyl (C=O) groups excluding carboxylic acids is 2.